The van der Waals surface area contributed by atoms with Gasteiger partial charge in [-0.2, -0.15) is 18.2 Å². The molecule has 1 atom stereocenters. The lowest BCUT2D eigenvalue weighted by molar-refractivity contribution is -0.137. The van der Waals surface area contributed by atoms with E-state index in [1.807, 2.05) is 23.3 Å². The molecular formula is C23H25F3N4O2S. The van der Waals surface area contributed by atoms with Gasteiger partial charge >= 0.3 is 6.18 Å². The number of rotatable bonds is 7. The number of nitrogens with zero attached hydrogens (tertiary/aromatic N) is 4. The summed E-state index contributed by atoms with van der Waals surface area (Å²) in [6.45, 7) is 4.49. The van der Waals surface area contributed by atoms with Gasteiger partial charge in [-0.1, -0.05) is 23.4 Å². The van der Waals surface area contributed by atoms with Crippen LogP contribution in [0.5, 0.6) is 0 Å². The van der Waals surface area contributed by atoms with Crippen molar-refractivity contribution < 1.29 is 22.5 Å². The fraction of sp³-hybridized carbons (Fsp3) is 0.435. The van der Waals surface area contributed by atoms with E-state index >= 15 is 0 Å². The summed E-state index contributed by atoms with van der Waals surface area (Å²) in [7, 11) is 0. The highest BCUT2D eigenvalue weighted by Crippen LogP contribution is 2.32. The lowest BCUT2D eigenvalue weighted by atomic mass is 10.1. The minimum atomic E-state index is -4.43. The summed E-state index contributed by atoms with van der Waals surface area (Å²) in [6, 6.07) is 8.79. The van der Waals surface area contributed by atoms with Crippen LogP contribution in [0.25, 0.3) is 11.4 Å². The number of thiophene rings is 1. The topological polar surface area (TPSA) is 62.5 Å². The minimum absolute atomic E-state index is 0.127. The molecule has 3 aromatic rings. The molecule has 0 bridgehead atoms. The molecule has 1 aliphatic rings. The Bertz CT molecular complexity index is 1060. The zero-order chi connectivity index (χ0) is 23.4. The van der Waals surface area contributed by atoms with Gasteiger partial charge in [0.25, 0.3) is 0 Å². The van der Waals surface area contributed by atoms with E-state index in [1.165, 1.54) is 17.0 Å². The summed E-state index contributed by atoms with van der Waals surface area (Å²) in [5.74, 6) is 0.643. The number of carbonyl (C=O) groups is 1. The Labute approximate surface area is 194 Å². The molecule has 1 aromatic carbocycles. The van der Waals surface area contributed by atoms with Crippen molar-refractivity contribution in [2.45, 2.75) is 38.4 Å². The van der Waals surface area contributed by atoms with Crippen LogP contribution in [0.4, 0.5) is 13.2 Å². The number of amides is 1. The molecule has 4 rings (SSSR count). The number of alkyl halides is 3. The molecular weight excluding hydrogens is 453 g/mol. The molecule has 0 unspecified atom stereocenters. The first-order valence-electron chi connectivity index (χ1n) is 10.9. The highest BCUT2D eigenvalue weighted by molar-refractivity contribution is 7.09. The molecule has 0 aliphatic carbocycles. The number of hydrogen-bond donors (Lipinski definition) is 0. The summed E-state index contributed by atoms with van der Waals surface area (Å²) in [4.78, 5) is 22.2. The van der Waals surface area contributed by atoms with Crippen LogP contribution in [-0.2, 0) is 17.4 Å². The number of aryl methyl sites for hydroxylation is 1. The Morgan fingerprint density at radius 2 is 1.97 bits per heavy atom. The van der Waals surface area contributed by atoms with Gasteiger partial charge in [0, 0.05) is 43.0 Å². The largest absolute Gasteiger partial charge is 0.416 e. The second kappa shape index (κ2) is 10.0. The van der Waals surface area contributed by atoms with Crippen LogP contribution < -0.4 is 0 Å². The van der Waals surface area contributed by atoms with E-state index in [1.54, 1.807) is 11.3 Å². The van der Waals surface area contributed by atoms with Crippen molar-refractivity contribution in [2.24, 2.45) is 0 Å². The van der Waals surface area contributed by atoms with Gasteiger partial charge in [0.05, 0.1) is 11.6 Å². The Morgan fingerprint density at radius 1 is 1.18 bits per heavy atom. The van der Waals surface area contributed by atoms with Gasteiger partial charge < -0.3 is 9.42 Å². The maximum absolute atomic E-state index is 13.0. The van der Waals surface area contributed by atoms with Gasteiger partial charge in [-0.25, -0.2) is 0 Å². The molecule has 0 N–H and O–H groups in total. The maximum Gasteiger partial charge on any atom is 0.416 e. The van der Waals surface area contributed by atoms with Crippen LogP contribution in [0, 0.1) is 0 Å². The average molecular weight is 479 g/mol. The third-order valence-corrected chi connectivity index (χ3v) is 6.79. The summed E-state index contributed by atoms with van der Waals surface area (Å²) in [5, 5.41) is 5.92. The summed E-state index contributed by atoms with van der Waals surface area (Å²) in [5.41, 5.74) is -0.499. The zero-order valence-electron chi connectivity index (χ0n) is 18.2. The van der Waals surface area contributed by atoms with Crippen molar-refractivity contribution in [1.82, 2.24) is 19.9 Å². The number of benzene rings is 1. The summed E-state index contributed by atoms with van der Waals surface area (Å²) in [6.07, 6.45) is -2.13. The SMILES string of the molecule is C[C@@H](c1nc(-c2cccc(C(F)(F)F)c2)no1)N1CCN(C(=O)CCCc2cccs2)CC1. The van der Waals surface area contributed by atoms with Crippen LogP contribution in [0.3, 0.4) is 0 Å². The molecule has 0 spiro atoms. The second-order valence-corrected chi connectivity index (χ2v) is 9.09. The van der Waals surface area contributed by atoms with E-state index in [-0.39, 0.29) is 23.3 Å². The Kier molecular flexibility index (Phi) is 7.14. The molecule has 1 amide bonds. The Morgan fingerprint density at radius 3 is 2.67 bits per heavy atom. The molecule has 33 heavy (non-hydrogen) atoms. The number of carbonyl (C=O) groups excluding carboxylic acids is 1. The second-order valence-electron chi connectivity index (χ2n) is 8.06. The average Bonchev–Trinajstić information content (AvgIpc) is 3.51. The number of halogens is 3. The Hall–Kier alpha value is -2.72. The quantitative estimate of drug-likeness (QED) is 0.476. The van der Waals surface area contributed by atoms with Crippen molar-refractivity contribution in [2.75, 3.05) is 26.2 Å². The zero-order valence-corrected chi connectivity index (χ0v) is 19.0. The van der Waals surface area contributed by atoms with Crippen molar-refractivity contribution in [3.8, 4) is 11.4 Å². The van der Waals surface area contributed by atoms with E-state index in [2.05, 4.69) is 21.1 Å². The first-order valence-corrected chi connectivity index (χ1v) is 11.7. The van der Waals surface area contributed by atoms with E-state index < -0.39 is 11.7 Å². The first kappa shape index (κ1) is 23.4. The lowest BCUT2D eigenvalue weighted by Crippen LogP contribution is -2.49. The molecule has 176 valence electrons. The molecule has 1 fully saturated rings. The maximum atomic E-state index is 13.0. The molecule has 0 radical (unpaired) electrons. The minimum Gasteiger partial charge on any atom is -0.340 e. The number of hydrogen-bond acceptors (Lipinski definition) is 6. The first-order chi connectivity index (χ1) is 15.8. The van der Waals surface area contributed by atoms with Gasteiger partial charge in [0.2, 0.25) is 17.6 Å². The van der Waals surface area contributed by atoms with Crippen molar-refractivity contribution in [3.63, 3.8) is 0 Å². The van der Waals surface area contributed by atoms with Crippen LogP contribution in [0.15, 0.2) is 46.3 Å². The normalized spacial score (nSPS) is 16.2. The predicted molar refractivity (Wildman–Crippen MR) is 119 cm³/mol. The number of piperazine rings is 1. The summed E-state index contributed by atoms with van der Waals surface area (Å²) >= 11 is 1.71. The molecule has 2 aromatic heterocycles. The lowest BCUT2D eigenvalue weighted by Gasteiger charge is -2.36. The molecule has 10 heteroatoms. The van der Waals surface area contributed by atoms with Gasteiger partial charge in [0.1, 0.15) is 0 Å². The summed E-state index contributed by atoms with van der Waals surface area (Å²) < 4.78 is 44.3. The molecule has 3 heterocycles. The van der Waals surface area contributed by atoms with Gasteiger partial charge in [-0.05, 0) is 43.3 Å². The highest BCUT2D eigenvalue weighted by atomic mass is 32.1. The van der Waals surface area contributed by atoms with E-state index in [0.29, 0.717) is 38.5 Å². The van der Waals surface area contributed by atoms with Crippen molar-refractivity contribution in [3.05, 3.63) is 58.1 Å². The van der Waals surface area contributed by atoms with Crippen LogP contribution in [0.2, 0.25) is 0 Å². The van der Waals surface area contributed by atoms with Crippen molar-refractivity contribution >= 4 is 17.2 Å². The molecule has 1 aliphatic heterocycles. The third-order valence-electron chi connectivity index (χ3n) is 5.86. The van der Waals surface area contributed by atoms with E-state index in [4.69, 9.17) is 4.52 Å². The molecule has 6 nitrogen and oxygen atoms in total. The van der Waals surface area contributed by atoms with Gasteiger partial charge in [0.15, 0.2) is 0 Å². The highest BCUT2D eigenvalue weighted by Gasteiger charge is 2.31. The van der Waals surface area contributed by atoms with E-state index in [0.717, 1.165) is 25.0 Å². The Balaban J connectivity index is 1.30. The monoisotopic (exact) mass is 478 g/mol. The van der Waals surface area contributed by atoms with Gasteiger partial charge in [-0.3, -0.25) is 9.69 Å². The van der Waals surface area contributed by atoms with Crippen LogP contribution >= 0.6 is 11.3 Å². The fourth-order valence-corrected chi connectivity index (χ4v) is 4.65. The van der Waals surface area contributed by atoms with Gasteiger partial charge in [-0.15, -0.1) is 11.3 Å². The predicted octanol–water partition coefficient (Wildman–Crippen LogP) is 5.05. The third kappa shape index (κ3) is 5.80. The van der Waals surface area contributed by atoms with Crippen molar-refractivity contribution in [1.29, 1.82) is 0 Å². The van der Waals surface area contributed by atoms with E-state index in [9.17, 15) is 18.0 Å². The van der Waals surface area contributed by atoms with Crippen LogP contribution in [-0.4, -0.2) is 52.0 Å². The standard InChI is InChI=1S/C23H25F3N4O2S/c1-16(22-27-21(28-32-22)17-5-2-6-18(15-17)23(24,25)26)29-10-12-30(13-11-29)20(31)9-3-7-19-8-4-14-33-19/h2,4-6,8,14-16H,3,7,9-13H2,1H3/t16-/m0/s1. The number of aromatic nitrogens is 2. The molecule has 1 saturated heterocycles. The fourth-order valence-electron chi connectivity index (χ4n) is 3.90. The smallest absolute Gasteiger partial charge is 0.340 e. The van der Waals surface area contributed by atoms with Crippen LogP contribution in [0.1, 0.15) is 42.1 Å². The molecule has 0 saturated carbocycles.